The first-order valence-electron chi connectivity index (χ1n) is 7.80. The van der Waals surface area contributed by atoms with Crippen LogP contribution in [0.3, 0.4) is 0 Å². The van der Waals surface area contributed by atoms with Crippen molar-refractivity contribution in [1.29, 1.82) is 0 Å². The summed E-state index contributed by atoms with van der Waals surface area (Å²) in [6, 6.07) is 17.5. The Labute approximate surface area is 145 Å². The van der Waals surface area contributed by atoms with Crippen molar-refractivity contribution in [3.63, 3.8) is 0 Å². The molecule has 0 aromatic heterocycles. The average Bonchev–Trinajstić information content (AvgIpc) is 2.55. The Morgan fingerprint density at radius 2 is 1.08 bits per heavy atom. The molecule has 0 aliphatic heterocycles. The van der Waals surface area contributed by atoms with E-state index in [0.29, 0.717) is 11.1 Å². The minimum Gasteiger partial charge on any atom is -0.346 e. The molecule has 2 aromatic rings. The van der Waals surface area contributed by atoms with Gasteiger partial charge in [-0.3, -0.25) is 20.2 Å². The van der Waals surface area contributed by atoms with Crippen molar-refractivity contribution in [2.24, 2.45) is 0 Å². The Kier molecular flexibility index (Phi) is 5.48. The van der Waals surface area contributed by atoms with E-state index >= 15 is 0 Å². The van der Waals surface area contributed by atoms with Crippen molar-refractivity contribution in [1.82, 2.24) is 0 Å². The van der Waals surface area contributed by atoms with Crippen LogP contribution in [0.15, 0.2) is 60.7 Å². The van der Waals surface area contributed by atoms with Crippen molar-refractivity contribution in [3.8, 4) is 0 Å². The third-order valence-electron chi connectivity index (χ3n) is 4.08. The molecule has 2 aromatic carbocycles. The fraction of sp³-hybridized carbons (Fsp3) is 0.333. The SMILES string of the molecule is CC(C[N+](=O)[O-])(OC(C)(C[N+](=O)[O-])c1ccccc1)c1ccccc1. The van der Waals surface area contributed by atoms with Gasteiger partial charge in [-0.15, -0.1) is 0 Å². The molecule has 0 bridgehead atoms. The molecule has 0 aliphatic rings. The van der Waals surface area contributed by atoms with E-state index in [1.165, 1.54) is 0 Å². The van der Waals surface area contributed by atoms with E-state index in [1.807, 2.05) is 0 Å². The highest BCUT2D eigenvalue weighted by Crippen LogP contribution is 2.36. The first kappa shape index (κ1) is 18.5. The number of hydrogen-bond donors (Lipinski definition) is 0. The summed E-state index contributed by atoms with van der Waals surface area (Å²) in [4.78, 5) is 21.5. The molecule has 0 N–H and O–H groups in total. The molecule has 0 amide bonds. The summed E-state index contributed by atoms with van der Waals surface area (Å²) in [7, 11) is 0. The smallest absolute Gasteiger partial charge is 0.236 e. The monoisotopic (exact) mass is 344 g/mol. The van der Waals surface area contributed by atoms with Gasteiger partial charge >= 0.3 is 0 Å². The molecule has 0 saturated carbocycles. The van der Waals surface area contributed by atoms with Gasteiger partial charge in [-0.1, -0.05) is 60.7 Å². The van der Waals surface area contributed by atoms with Crippen molar-refractivity contribution in [2.75, 3.05) is 13.1 Å². The molecule has 25 heavy (non-hydrogen) atoms. The van der Waals surface area contributed by atoms with Crippen LogP contribution < -0.4 is 0 Å². The summed E-state index contributed by atoms with van der Waals surface area (Å²) in [6.45, 7) is 2.17. The summed E-state index contributed by atoms with van der Waals surface area (Å²) < 4.78 is 6.14. The molecule has 2 unspecified atom stereocenters. The predicted molar refractivity (Wildman–Crippen MR) is 92.4 cm³/mol. The van der Waals surface area contributed by atoms with Crippen molar-refractivity contribution in [2.45, 2.75) is 25.0 Å². The lowest BCUT2D eigenvalue weighted by Crippen LogP contribution is -2.45. The normalized spacial score (nSPS) is 15.8. The fourth-order valence-electron chi connectivity index (χ4n) is 2.94. The highest BCUT2D eigenvalue weighted by molar-refractivity contribution is 5.25. The second-order valence-corrected chi connectivity index (χ2v) is 6.28. The zero-order chi connectivity index (χ0) is 18.5. The van der Waals surface area contributed by atoms with Gasteiger partial charge < -0.3 is 4.74 Å². The molecule has 2 rings (SSSR count). The van der Waals surface area contributed by atoms with Crippen LogP contribution in [0.5, 0.6) is 0 Å². The topological polar surface area (TPSA) is 95.5 Å². The van der Waals surface area contributed by atoms with E-state index in [0.717, 1.165) is 0 Å². The van der Waals surface area contributed by atoms with E-state index in [-0.39, 0.29) is 0 Å². The van der Waals surface area contributed by atoms with Crippen molar-refractivity contribution in [3.05, 3.63) is 92.0 Å². The van der Waals surface area contributed by atoms with Crippen molar-refractivity contribution < 1.29 is 14.6 Å². The number of rotatable bonds is 8. The quantitative estimate of drug-likeness (QED) is 0.540. The lowest BCUT2D eigenvalue weighted by atomic mass is 9.90. The lowest BCUT2D eigenvalue weighted by Gasteiger charge is -2.36. The maximum absolute atomic E-state index is 11.2. The van der Waals surface area contributed by atoms with Crippen molar-refractivity contribution >= 4 is 0 Å². The van der Waals surface area contributed by atoms with Gasteiger partial charge in [0, 0.05) is 9.85 Å². The number of hydrogen-bond acceptors (Lipinski definition) is 5. The van der Waals surface area contributed by atoms with Crippen LogP contribution in [0.25, 0.3) is 0 Å². The first-order chi connectivity index (χ1) is 11.8. The van der Waals surface area contributed by atoms with E-state index < -0.39 is 34.1 Å². The van der Waals surface area contributed by atoms with Gasteiger partial charge in [0.05, 0.1) is 0 Å². The first-order valence-corrected chi connectivity index (χ1v) is 7.80. The van der Waals surface area contributed by atoms with Gasteiger partial charge in [-0.05, 0) is 25.0 Å². The Hall–Kier alpha value is -2.80. The number of nitro groups is 2. The molecular formula is C18H20N2O5. The third-order valence-corrected chi connectivity index (χ3v) is 4.08. The van der Waals surface area contributed by atoms with Gasteiger partial charge in [-0.2, -0.15) is 0 Å². The van der Waals surface area contributed by atoms with Gasteiger partial charge in [0.1, 0.15) is 0 Å². The molecule has 0 aliphatic carbocycles. The summed E-state index contributed by atoms with van der Waals surface area (Å²) in [6.07, 6.45) is 0. The number of nitrogens with zero attached hydrogens (tertiary/aromatic N) is 2. The van der Waals surface area contributed by atoms with E-state index in [9.17, 15) is 20.2 Å². The second kappa shape index (κ2) is 7.40. The number of benzene rings is 2. The van der Waals surface area contributed by atoms with Crippen LogP contribution in [0, 0.1) is 20.2 Å². The largest absolute Gasteiger partial charge is 0.346 e. The maximum atomic E-state index is 11.2. The number of ether oxygens (including phenoxy) is 1. The summed E-state index contributed by atoms with van der Waals surface area (Å²) in [5.74, 6) is 0. The molecule has 132 valence electrons. The fourth-order valence-corrected chi connectivity index (χ4v) is 2.94. The second-order valence-electron chi connectivity index (χ2n) is 6.28. The molecule has 7 nitrogen and oxygen atoms in total. The van der Waals surface area contributed by atoms with E-state index in [2.05, 4.69) is 0 Å². The molecule has 0 radical (unpaired) electrons. The molecular weight excluding hydrogens is 324 g/mol. The van der Waals surface area contributed by atoms with Crippen LogP contribution in [0.4, 0.5) is 0 Å². The molecule has 2 atom stereocenters. The van der Waals surface area contributed by atoms with Gasteiger partial charge in [-0.25, -0.2) is 0 Å². The van der Waals surface area contributed by atoms with Crippen LogP contribution in [0.2, 0.25) is 0 Å². The summed E-state index contributed by atoms with van der Waals surface area (Å²) >= 11 is 0. The minimum atomic E-state index is -1.31. The molecule has 0 spiro atoms. The van der Waals surface area contributed by atoms with Gasteiger partial charge in [0.25, 0.3) is 0 Å². The predicted octanol–water partition coefficient (Wildman–Crippen LogP) is 3.39. The molecule has 0 saturated heterocycles. The zero-order valence-electron chi connectivity index (χ0n) is 14.1. The summed E-state index contributed by atoms with van der Waals surface area (Å²) in [5.41, 5.74) is -1.44. The Balaban J connectivity index is 2.49. The Bertz CT molecular complexity index is 674. The molecule has 0 heterocycles. The Morgan fingerprint density at radius 1 is 0.760 bits per heavy atom. The molecule has 7 heteroatoms. The van der Waals surface area contributed by atoms with Crippen LogP contribution in [-0.2, 0) is 15.9 Å². The minimum absolute atomic E-state index is 0.468. The maximum Gasteiger partial charge on any atom is 0.236 e. The average molecular weight is 344 g/mol. The standard InChI is InChI=1S/C18H20N2O5/c1-17(13-19(21)22,15-9-5-3-6-10-15)25-18(2,14-20(23)24)16-11-7-4-8-12-16/h3-12H,13-14H2,1-2H3. The van der Waals surface area contributed by atoms with Gasteiger partial charge in [0.2, 0.25) is 13.1 Å². The van der Waals surface area contributed by atoms with E-state index in [4.69, 9.17) is 4.74 Å². The highest BCUT2D eigenvalue weighted by atomic mass is 16.6. The Morgan fingerprint density at radius 3 is 1.36 bits per heavy atom. The highest BCUT2D eigenvalue weighted by Gasteiger charge is 2.44. The van der Waals surface area contributed by atoms with Crippen LogP contribution in [0.1, 0.15) is 25.0 Å². The zero-order valence-corrected chi connectivity index (χ0v) is 14.1. The van der Waals surface area contributed by atoms with Gasteiger partial charge in [0.15, 0.2) is 11.2 Å². The van der Waals surface area contributed by atoms with Crippen LogP contribution >= 0.6 is 0 Å². The lowest BCUT2D eigenvalue weighted by molar-refractivity contribution is -0.526. The van der Waals surface area contributed by atoms with Crippen LogP contribution in [-0.4, -0.2) is 22.9 Å². The third kappa shape index (κ3) is 4.60. The van der Waals surface area contributed by atoms with E-state index in [1.54, 1.807) is 74.5 Å². The molecule has 0 fully saturated rings. The summed E-state index contributed by atoms with van der Waals surface area (Å²) in [5, 5.41) is 22.4.